The summed E-state index contributed by atoms with van der Waals surface area (Å²) < 4.78 is 12.0. The Morgan fingerprint density at radius 3 is 2.20 bits per heavy atom. The third kappa shape index (κ3) is 3.53. The molecule has 1 aliphatic rings. The molecule has 0 radical (unpaired) electrons. The van der Waals surface area contributed by atoms with E-state index in [2.05, 4.69) is 5.10 Å². The third-order valence-electron chi connectivity index (χ3n) is 4.37. The summed E-state index contributed by atoms with van der Waals surface area (Å²) in [6, 6.07) is 15.3. The van der Waals surface area contributed by atoms with Crippen molar-refractivity contribution in [2.45, 2.75) is 0 Å². The third-order valence-corrected chi connectivity index (χ3v) is 4.37. The van der Waals surface area contributed by atoms with Crippen molar-refractivity contribution in [1.82, 2.24) is 14.8 Å². The second kappa shape index (κ2) is 8.18. The number of fused-ring (bicyclic) bond motifs is 1. The number of carbonyl (C=O) groups excluding carboxylic acids is 3. The Balaban J connectivity index is 1.61. The Bertz CT molecular complexity index is 1070. The van der Waals surface area contributed by atoms with Crippen molar-refractivity contribution in [3.63, 3.8) is 0 Å². The van der Waals surface area contributed by atoms with Crippen molar-refractivity contribution in [2.75, 3.05) is 20.3 Å². The van der Waals surface area contributed by atoms with Gasteiger partial charge in [0.25, 0.3) is 11.8 Å². The first-order valence-electron chi connectivity index (χ1n) is 9.07. The van der Waals surface area contributed by atoms with Crippen LogP contribution in [0, 0.1) is 0 Å². The molecule has 0 spiro atoms. The van der Waals surface area contributed by atoms with Gasteiger partial charge in [0.2, 0.25) is 5.69 Å². The summed E-state index contributed by atoms with van der Waals surface area (Å²) in [5, 5.41) is 4.67. The van der Waals surface area contributed by atoms with Crippen LogP contribution in [0.2, 0.25) is 0 Å². The number of hydroxylamine groups is 2. The average Bonchev–Trinajstić information content (AvgIpc) is 3.30. The van der Waals surface area contributed by atoms with Gasteiger partial charge in [0.05, 0.1) is 29.6 Å². The highest BCUT2D eigenvalue weighted by Gasteiger charge is 2.39. The van der Waals surface area contributed by atoms with Gasteiger partial charge in [-0.05, 0) is 24.3 Å². The lowest BCUT2D eigenvalue weighted by Gasteiger charge is -2.12. The zero-order valence-electron chi connectivity index (χ0n) is 16.0. The molecule has 0 unspecified atom stereocenters. The topological polar surface area (TPSA) is 100.0 Å². The molecule has 1 aliphatic heterocycles. The number of imide groups is 1. The van der Waals surface area contributed by atoms with Gasteiger partial charge >= 0.3 is 5.97 Å². The number of aromatic nitrogens is 2. The quantitative estimate of drug-likeness (QED) is 0.437. The molecule has 1 aromatic heterocycles. The van der Waals surface area contributed by atoms with Crippen LogP contribution in [-0.2, 0) is 9.57 Å². The standard InChI is InChI=1S/C21H17N3O6/c1-28-11-12-29-17-13-23(14-7-3-2-4-8-14)22-18(17)21(27)30-24-19(25)15-9-5-6-10-16(15)20(24)26/h2-10,13H,11-12H2,1H3. The van der Waals surface area contributed by atoms with Gasteiger partial charge in [-0.15, -0.1) is 0 Å². The molecule has 0 fully saturated rings. The molecule has 0 saturated carbocycles. The van der Waals surface area contributed by atoms with Gasteiger partial charge in [0.15, 0.2) is 5.75 Å². The minimum Gasteiger partial charge on any atom is -0.487 e. The van der Waals surface area contributed by atoms with E-state index in [-0.39, 0.29) is 29.2 Å². The number of nitrogens with zero attached hydrogens (tertiary/aromatic N) is 3. The zero-order valence-corrected chi connectivity index (χ0v) is 16.0. The Morgan fingerprint density at radius 2 is 1.57 bits per heavy atom. The largest absolute Gasteiger partial charge is 0.487 e. The van der Waals surface area contributed by atoms with Crippen molar-refractivity contribution >= 4 is 17.8 Å². The van der Waals surface area contributed by atoms with Gasteiger partial charge in [-0.3, -0.25) is 9.59 Å². The second-order valence-corrected chi connectivity index (χ2v) is 6.29. The molecule has 0 atom stereocenters. The number of hydrogen-bond acceptors (Lipinski definition) is 7. The molecule has 0 saturated heterocycles. The maximum Gasteiger partial charge on any atom is 0.387 e. The van der Waals surface area contributed by atoms with Crippen LogP contribution in [0.25, 0.3) is 5.69 Å². The van der Waals surface area contributed by atoms with Gasteiger partial charge in [0, 0.05) is 7.11 Å². The van der Waals surface area contributed by atoms with Gasteiger partial charge in [-0.1, -0.05) is 35.4 Å². The minimum absolute atomic E-state index is 0.137. The van der Waals surface area contributed by atoms with Crippen molar-refractivity contribution in [3.8, 4) is 11.4 Å². The van der Waals surface area contributed by atoms with Crippen LogP contribution in [0.3, 0.4) is 0 Å². The summed E-state index contributed by atoms with van der Waals surface area (Å²) in [5.74, 6) is -2.29. The number of rotatable bonds is 7. The lowest BCUT2D eigenvalue weighted by Crippen LogP contribution is -2.33. The smallest absolute Gasteiger partial charge is 0.387 e. The van der Waals surface area contributed by atoms with E-state index in [0.29, 0.717) is 17.4 Å². The van der Waals surface area contributed by atoms with Crippen LogP contribution in [0.15, 0.2) is 60.8 Å². The molecule has 0 bridgehead atoms. The number of benzene rings is 2. The predicted molar refractivity (Wildman–Crippen MR) is 103 cm³/mol. The van der Waals surface area contributed by atoms with Crippen molar-refractivity contribution in [2.24, 2.45) is 0 Å². The van der Waals surface area contributed by atoms with Crippen LogP contribution < -0.4 is 4.74 Å². The van der Waals surface area contributed by atoms with E-state index in [9.17, 15) is 14.4 Å². The lowest BCUT2D eigenvalue weighted by molar-refractivity contribution is -0.0591. The highest BCUT2D eigenvalue weighted by molar-refractivity contribution is 6.21. The molecule has 30 heavy (non-hydrogen) atoms. The Morgan fingerprint density at radius 1 is 0.933 bits per heavy atom. The van der Waals surface area contributed by atoms with E-state index in [1.54, 1.807) is 24.3 Å². The van der Waals surface area contributed by atoms with Gasteiger partial charge in [0.1, 0.15) is 6.61 Å². The number of ether oxygens (including phenoxy) is 2. The number of hydrogen-bond donors (Lipinski definition) is 0. The van der Waals surface area contributed by atoms with E-state index >= 15 is 0 Å². The molecular formula is C21H17N3O6. The Labute approximate surface area is 171 Å². The van der Waals surface area contributed by atoms with E-state index in [0.717, 1.165) is 0 Å². The number of carbonyl (C=O) groups is 3. The lowest BCUT2D eigenvalue weighted by atomic mass is 10.1. The van der Waals surface area contributed by atoms with E-state index in [1.807, 2.05) is 18.2 Å². The summed E-state index contributed by atoms with van der Waals surface area (Å²) in [5.41, 5.74) is 0.851. The monoisotopic (exact) mass is 407 g/mol. The normalized spacial score (nSPS) is 12.8. The average molecular weight is 407 g/mol. The van der Waals surface area contributed by atoms with Crippen LogP contribution in [-0.4, -0.2) is 53.0 Å². The van der Waals surface area contributed by atoms with Crippen molar-refractivity contribution < 1.29 is 28.7 Å². The van der Waals surface area contributed by atoms with Gasteiger partial charge < -0.3 is 14.3 Å². The molecule has 2 amide bonds. The highest BCUT2D eigenvalue weighted by Crippen LogP contribution is 2.25. The second-order valence-electron chi connectivity index (χ2n) is 6.29. The van der Waals surface area contributed by atoms with Gasteiger partial charge in [-0.25, -0.2) is 9.48 Å². The number of para-hydroxylation sites is 1. The van der Waals surface area contributed by atoms with Crippen LogP contribution in [0.4, 0.5) is 0 Å². The molecule has 2 heterocycles. The number of amides is 2. The van der Waals surface area contributed by atoms with E-state index < -0.39 is 17.8 Å². The first kappa shape index (κ1) is 19.3. The summed E-state index contributed by atoms with van der Waals surface area (Å²) in [6.07, 6.45) is 1.52. The maximum atomic E-state index is 12.8. The molecule has 3 aromatic rings. The predicted octanol–water partition coefficient (Wildman–Crippen LogP) is 2.27. The fourth-order valence-electron chi connectivity index (χ4n) is 2.93. The highest BCUT2D eigenvalue weighted by atomic mass is 16.7. The molecule has 0 aliphatic carbocycles. The van der Waals surface area contributed by atoms with Crippen LogP contribution >= 0.6 is 0 Å². The Hall–Kier alpha value is -3.98. The van der Waals surface area contributed by atoms with Gasteiger partial charge in [-0.2, -0.15) is 5.10 Å². The van der Waals surface area contributed by atoms with Crippen molar-refractivity contribution in [1.29, 1.82) is 0 Å². The molecule has 9 nitrogen and oxygen atoms in total. The molecule has 2 aromatic carbocycles. The first-order valence-corrected chi connectivity index (χ1v) is 9.07. The molecule has 4 rings (SSSR count). The van der Waals surface area contributed by atoms with E-state index in [4.69, 9.17) is 14.3 Å². The summed E-state index contributed by atoms with van der Waals surface area (Å²) in [7, 11) is 1.52. The summed E-state index contributed by atoms with van der Waals surface area (Å²) >= 11 is 0. The number of methoxy groups -OCH3 is 1. The molecule has 9 heteroatoms. The minimum atomic E-state index is -0.994. The molecular weight excluding hydrogens is 390 g/mol. The van der Waals surface area contributed by atoms with Crippen molar-refractivity contribution in [3.05, 3.63) is 77.6 Å². The summed E-state index contributed by atoms with van der Waals surface area (Å²) in [4.78, 5) is 42.8. The van der Waals surface area contributed by atoms with Crippen LogP contribution in [0.1, 0.15) is 31.2 Å². The fourth-order valence-corrected chi connectivity index (χ4v) is 2.93. The molecule has 152 valence electrons. The van der Waals surface area contributed by atoms with E-state index in [1.165, 1.54) is 30.1 Å². The molecule has 0 N–H and O–H groups in total. The SMILES string of the molecule is COCCOc1cn(-c2ccccc2)nc1C(=O)ON1C(=O)c2ccccc2C1=O. The summed E-state index contributed by atoms with van der Waals surface area (Å²) in [6.45, 7) is 0.466. The van der Waals surface area contributed by atoms with Crippen LogP contribution in [0.5, 0.6) is 5.75 Å². The Kier molecular flexibility index (Phi) is 5.27. The maximum absolute atomic E-state index is 12.8. The zero-order chi connectivity index (χ0) is 21.1. The fraction of sp³-hybridized carbons (Fsp3) is 0.143. The first-order chi connectivity index (χ1) is 14.6.